The normalized spacial score (nSPS) is 9.42. The molecule has 0 bridgehead atoms. The Morgan fingerprint density at radius 3 is 3.08 bits per heavy atom. The molecular formula is C9H11NOS. The molecule has 64 valence electrons. The maximum absolute atomic E-state index is 11.5. The van der Waals surface area contributed by atoms with Crippen molar-refractivity contribution in [3.63, 3.8) is 0 Å². The number of amides is 1. The number of rotatable bonds is 3. The van der Waals surface area contributed by atoms with Crippen molar-refractivity contribution >= 4 is 17.2 Å². The Hall–Kier alpha value is -1.09. The van der Waals surface area contributed by atoms with Crippen LogP contribution in [0.15, 0.2) is 30.2 Å². The molecule has 1 aromatic rings. The summed E-state index contributed by atoms with van der Waals surface area (Å²) >= 11 is 1.46. The summed E-state index contributed by atoms with van der Waals surface area (Å²) < 4.78 is 0. The largest absolute Gasteiger partial charge is 0.337 e. The number of hydrogen-bond donors (Lipinski definition) is 0. The summed E-state index contributed by atoms with van der Waals surface area (Å²) in [5.74, 6) is 0.0601. The Labute approximate surface area is 76.1 Å². The first-order valence-corrected chi connectivity index (χ1v) is 4.53. The van der Waals surface area contributed by atoms with Gasteiger partial charge in [0.05, 0.1) is 4.88 Å². The lowest BCUT2D eigenvalue weighted by molar-refractivity contribution is 0.0815. The zero-order chi connectivity index (χ0) is 8.97. The van der Waals surface area contributed by atoms with Crippen LogP contribution in [0.3, 0.4) is 0 Å². The van der Waals surface area contributed by atoms with Crippen molar-refractivity contribution < 1.29 is 4.79 Å². The van der Waals surface area contributed by atoms with E-state index in [-0.39, 0.29) is 5.91 Å². The fourth-order valence-corrected chi connectivity index (χ4v) is 1.58. The van der Waals surface area contributed by atoms with Crippen LogP contribution in [0.4, 0.5) is 0 Å². The molecule has 1 heterocycles. The molecule has 0 spiro atoms. The maximum Gasteiger partial charge on any atom is 0.263 e. The van der Waals surface area contributed by atoms with Gasteiger partial charge >= 0.3 is 0 Å². The molecule has 0 aliphatic rings. The van der Waals surface area contributed by atoms with E-state index in [9.17, 15) is 4.79 Å². The van der Waals surface area contributed by atoms with Crippen molar-refractivity contribution in [2.45, 2.75) is 0 Å². The van der Waals surface area contributed by atoms with Gasteiger partial charge in [-0.05, 0) is 11.4 Å². The molecule has 1 rings (SSSR count). The minimum Gasteiger partial charge on any atom is -0.337 e. The van der Waals surface area contributed by atoms with Crippen LogP contribution in [0.5, 0.6) is 0 Å². The number of nitrogens with zero attached hydrogens (tertiary/aromatic N) is 1. The Bertz CT molecular complexity index is 266. The third kappa shape index (κ3) is 1.95. The van der Waals surface area contributed by atoms with Gasteiger partial charge in [-0.1, -0.05) is 12.1 Å². The third-order valence-corrected chi connectivity index (χ3v) is 2.34. The fraction of sp³-hybridized carbons (Fsp3) is 0.222. The van der Waals surface area contributed by atoms with Gasteiger partial charge in [0.2, 0.25) is 0 Å². The standard InChI is InChI=1S/C9H11NOS/c1-3-6-10(2)9(11)8-5-4-7-12-8/h3-5,7H,1,6H2,2H3. The Morgan fingerprint density at radius 1 is 1.83 bits per heavy atom. The van der Waals surface area contributed by atoms with E-state index >= 15 is 0 Å². The van der Waals surface area contributed by atoms with Gasteiger partial charge in [0.15, 0.2) is 0 Å². The van der Waals surface area contributed by atoms with Crippen LogP contribution < -0.4 is 0 Å². The molecule has 0 atom stereocenters. The fourth-order valence-electron chi connectivity index (χ4n) is 0.865. The van der Waals surface area contributed by atoms with E-state index in [2.05, 4.69) is 6.58 Å². The SMILES string of the molecule is C=CCN(C)C(=O)c1cccs1. The summed E-state index contributed by atoms with van der Waals surface area (Å²) in [4.78, 5) is 13.9. The summed E-state index contributed by atoms with van der Waals surface area (Å²) in [6.45, 7) is 4.17. The molecular weight excluding hydrogens is 170 g/mol. The highest BCUT2D eigenvalue weighted by molar-refractivity contribution is 7.12. The number of carbonyl (C=O) groups excluding carboxylic acids is 1. The molecule has 3 heteroatoms. The van der Waals surface area contributed by atoms with Crippen LogP contribution in [-0.2, 0) is 0 Å². The number of carbonyl (C=O) groups is 1. The minimum absolute atomic E-state index is 0.0601. The molecule has 1 amide bonds. The number of hydrogen-bond acceptors (Lipinski definition) is 2. The minimum atomic E-state index is 0.0601. The summed E-state index contributed by atoms with van der Waals surface area (Å²) in [6, 6.07) is 3.70. The lowest BCUT2D eigenvalue weighted by atomic mass is 10.4. The molecule has 0 unspecified atom stereocenters. The first kappa shape index (κ1) is 9.00. The molecule has 0 fully saturated rings. The van der Waals surface area contributed by atoms with Crippen LogP contribution in [0.1, 0.15) is 9.67 Å². The highest BCUT2D eigenvalue weighted by atomic mass is 32.1. The molecule has 2 nitrogen and oxygen atoms in total. The second kappa shape index (κ2) is 4.07. The van der Waals surface area contributed by atoms with Crippen LogP contribution in [0.25, 0.3) is 0 Å². The van der Waals surface area contributed by atoms with E-state index in [0.29, 0.717) is 6.54 Å². The Morgan fingerprint density at radius 2 is 2.58 bits per heavy atom. The summed E-state index contributed by atoms with van der Waals surface area (Å²) in [5.41, 5.74) is 0. The smallest absolute Gasteiger partial charge is 0.263 e. The molecule has 0 aliphatic heterocycles. The lowest BCUT2D eigenvalue weighted by Crippen LogP contribution is -2.25. The molecule has 0 aliphatic carbocycles. The van der Waals surface area contributed by atoms with Crippen molar-refractivity contribution in [1.82, 2.24) is 4.90 Å². The second-order valence-electron chi connectivity index (χ2n) is 2.45. The number of thiophene rings is 1. The third-order valence-electron chi connectivity index (χ3n) is 1.48. The van der Waals surface area contributed by atoms with Crippen LogP contribution in [0, 0.1) is 0 Å². The highest BCUT2D eigenvalue weighted by Gasteiger charge is 2.09. The van der Waals surface area contributed by atoms with Gasteiger partial charge < -0.3 is 4.90 Å². The molecule has 0 saturated carbocycles. The molecule has 0 aromatic carbocycles. The van der Waals surface area contributed by atoms with E-state index in [0.717, 1.165) is 4.88 Å². The van der Waals surface area contributed by atoms with Crippen molar-refractivity contribution in [3.05, 3.63) is 35.0 Å². The summed E-state index contributed by atoms with van der Waals surface area (Å²) in [6.07, 6.45) is 1.71. The molecule has 0 N–H and O–H groups in total. The van der Waals surface area contributed by atoms with E-state index < -0.39 is 0 Å². The van der Waals surface area contributed by atoms with Crippen LogP contribution >= 0.6 is 11.3 Å². The van der Waals surface area contributed by atoms with E-state index in [1.54, 1.807) is 18.0 Å². The van der Waals surface area contributed by atoms with Crippen LogP contribution in [-0.4, -0.2) is 24.4 Å². The van der Waals surface area contributed by atoms with Crippen molar-refractivity contribution in [3.8, 4) is 0 Å². The predicted molar refractivity (Wildman–Crippen MR) is 51.5 cm³/mol. The number of likely N-dealkylation sites (N-methyl/N-ethyl adjacent to an activating group) is 1. The van der Waals surface area contributed by atoms with Gasteiger partial charge in [0.1, 0.15) is 0 Å². The molecule has 12 heavy (non-hydrogen) atoms. The van der Waals surface area contributed by atoms with Crippen LogP contribution in [0.2, 0.25) is 0 Å². The predicted octanol–water partition coefficient (Wildman–Crippen LogP) is 2.01. The van der Waals surface area contributed by atoms with Gasteiger partial charge in [-0.15, -0.1) is 17.9 Å². The van der Waals surface area contributed by atoms with Gasteiger partial charge in [-0.2, -0.15) is 0 Å². The lowest BCUT2D eigenvalue weighted by Gasteiger charge is -2.12. The topological polar surface area (TPSA) is 20.3 Å². The molecule has 0 saturated heterocycles. The van der Waals surface area contributed by atoms with Crippen molar-refractivity contribution in [2.75, 3.05) is 13.6 Å². The van der Waals surface area contributed by atoms with E-state index in [4.69, 9.17) is 0 Å². The van der Waals surface area contributed by atoms with Gasteiger partial charge in [-0.3, -0.25) is 4.79 Å². The van der Waals surface area contributed by atoms with E-state index in [1.807, 2.05) is 17.5 Å². The van der Waals surface area contributed by atoms with Gasteiger partial charge in [-0.25, -0.2) is 0 Å². The first-order valence-electron chi connectivity index (χ1n) is 3.65. The van der Waals surface area contributed by atoms with Gasteiger partial charge in [0.25, 0.3) is 5.91 Å². The average Bonchev–Trinajstić information content (AvgIpc) is 2.55. The average molecular weight is 181 g/mol. The monoisotopic (exact) mass is 181 g/mol. The molecule has 1 aromatic heterocycles. The maximum atomic E-state index is 11.5. The van der Waals surface area contributed by atoms with Crippen molar-refractivity contribution in [1.29, 1.82) is 0 Å². The first-order chi connectivity index (χ1) is 5.75. The Kier molecular flexibility index (Phi) is 3.05. The quantitative estimate of drug-likeness (QED) is 0.653. The summed E-state index contributed by atoms with van der Waals surface area (Å²) in [5, 5.41) is 1.90. The highest BCUT2D eigenvalue weighted by Crippen LogP contribution is 2.10. The van der Waals surface area contributed by atoms with E-state index in [1.165, 1.54) is 11.3 Å². The zero-order valence-corrected chi connectivity index (χ0v) is 7.80. The Balaban J connectivity index is 2.65. The van der Waals surface area contributed by atoms with Gasteiger partial charge in [0, 0.05) is 13.6 Å². The van der Waals surface area contributed by atoms with Crippen molar-refractivity contribution in [2.24, 2.45) is 0 Å². The zero-order valence-electron chi connectivity index (χ0n) is 6.99. The summed E-state index contributed by atoms with van der Waals surface area (Å²) in [7, 11) is 1.77. The molecule has 0 radical (unpaired) electrons. The second-order valence-corrected chi connectivity index (χ2v) is 3.40.